The number of pyridine rings is 2. The second kappa shape index (κ2) is 7.09. The van der Waals surface area contributed by atoms with Crippen molar-refractivity contribution in [3.05, 3.63) is 48.4 Å². The van der Waals surface area contributed by atoms with E-state index < -0.39 is 0 Å². The third kappa shape index (κ3) is 3.43. The molecule has 25 heavy (non-hydrogen) atoms. The van der Waals surface area contributed by atoms with Crippen molar-refractivity contribution in [3.63, 3.8) is 0 Å². The van der Waals surface area contributed by atoms with Gasteiger partial charge in [0, 0.05) is 32.0 Å². The van der Waals surface area contributed by atoms with Crippen molar-refractivity contribution in [2.75, 3.05) is 29.9 Å². The van der Waals surface area contributed by atoms with Gasteiger partial charge in [0.2, 0.25) is 0 Å². The SMILES string of the molecule is O=C(Nc1ccc(N2CCCC2)nc1)N1CCC[C@H]1c1ccncc1. The molecule has 2 fully saturated rings. The molecule has 0 aliphatic carbocycles. The lowest BCUT2D eigenvalue weighted by atomic mass is 10.1. The molecule has 6 nitrogen and oxygen atoms in total. The molecule has 2 amide bonds. The van der Waals surface area contributed by atoms with E-state index in [4.69, 9.17) is 0 Å². The lowest BCUT2D eigenvalue weighted by Crippen LogP contribution is -2.34. The topological polar surface area (TPSA) is 61.4 Å². The predicted octanol–water partition coefficient (Wildman–Crippen LogP) is 3.45. The van der Waals surface area contributed by atoms with Crippen molar-refractivity contribution in [2.45, 2.75) is 31.7 Å². The largest absolute Gasteiger partial charge is 0.357 e. The van der Waals surface area contributed by atoms with E-state index in [0.29, 0.717) is 0 Å². The average molecular weight is 337 g/mol. The number of urea groups is 1. The van der Waals surface area contributed by atoms with Crippen LogP contribution in [-0.2, 0) is 0 Å². The predicted molar refractivity (Wildman–Crippen MR) is 97.6 cm³/mol. The first-order valence-corrected chi connectivity index (χ1v) is 9.00. The number of anilines is 2. The van der Waals surface area contributed by atoms with Crippen LogP contribution in [0.25, 0.3) is 0 Å². The Hall–Kier alpha value is -2.63. The summed E-state index contributed by atoms with van der Waals surface area (Å²) >= 11 is 0. The van der Waals surface area contributed by atoms with E-state index in [-0.39, 0.29) is 12.1 Å². The monoisotopic (exact) mass is 337 g/mol. The summed E-state index contributed by atoms with van der Waals surface area (Å²) in [5.74, 6) is 0.992. The molecule has 4 rings (SSSR count). The van der Waals surface area contributed by atoms with Crippen LogP contribution in [-0.4, -0.2) is 40.5 Å². The van der Waals surface area contributed by atoms with Gasteiger partial charge in [-0.15, -0.1) is 0 Å². The maximum atomic E-state index is 12.7. The number of hydrogen-bond donors (Lipinski definition) is 1. The molecule has 6 heteroatoms. The van der Waals surface area contributed by atoms with Crippen molar-refractivity contribution >= 4 is 17.5 Å². The number of aromatic nitrogens is 2. The summed E-state index contributed by atoms with van der Waals surface area (Å²) in [5.41, 5.74) is 1.89. The highest BCUT2D eigenvalue weighted by molar-refractivity contribution is 5.89. The van der Waals surface area contributed by atoms with Crippen LogP contribution in [0.15, 0.2) is 42.9 Å². The van der Waals surface area contributed by atoms with Crippen LogP contribution in [0.5, 0.6) is 0 Å². The molecule has 2 saturated heterocycles. The molecule has 0 unspecified atom stereocenters. The normalized spacial score (nSPS) is 20.1. The maximum Gasteiger partial charge on any atom is 0.322 e. The lowest BCUT2D eigenvalue weighted by molar-refractivity contribution is 0.207. The third-order valence-corrected chi connectivity index (χ3v) is 5.03. The summed E-state index contributed by atoms with van der Waals surface area (Å²) in [6.07, 6.45) is 9.78. The minimum Gasteiger partial charge on any atom is -0.357 e. The number of hydrogen-bond acceptors (Lipinski definition) is 4. The third-order valence-electron chi connectivity index (χ3n) is 5.03. The molecule has 1 N–H and O–H groups in total. The molecule has 2 aromatic rings. The number of likely N-dealkylation sites (tertiary alicyclic amines) is 1. The van der Waals surface area contributed by atoms with Gasteiger partial charge in [-0.1, -0.05) is 0 Å². The van der Waals surface area contributed by atoms with Crippen molar-refractivity contribution < 1.29 is 4.79 Å². The fraction of sp³-hybridized carbons (Fsp3) is 0.421. The Morgan fingerprint density at radius 3 is 2.56 bits per heavy atom. The van der Waals surface area contributed by atoms with E-state index in [1.807, 2.05) is 29.2 Å². The number of rotatable bonds is 3. The number of nitrogens with zero attached hydrogens (tertiary/aromatic N) is 4. The second-order valence-electron chi connectivity index (χ2n) is 6.66. The highest BCUT2D eigenvalue weighted by Crippen LogP contribution is 2.32. The summed E-state index contributed by atoms with van der Waals surface area (Å²) < 4.78 is 0. The molecule has 0 spiro atoms. The van der Waals surface area contributed by atoms with Crippen LogP contribution in [0, 0.1) is 0 Å². The zero-order valence-corrected chi connectivity index (χ0v) is 14.3. The van der Waals surface area contributed by atoms with Gasteiger partial charge in [-0.05, 0) is 55.5 Å². The van der Waals surface area contributed by atoms with Crippen LogP contribution in [0.3, 0.4) is 0 Å². The van der Waals surface area contributed by atoms with Crippen LogP contribution in [0.4, 0.5) is 16.3 Å². The second-order valence-corrected chi connectivity index (χ2v) is 6.66. The van der Waals surface area contributed by atoms with Gasteiger partial charge in [0.15, 0.2) is 0 Å². The summed E-state index contributed by atoms with van der Waals surface area (Å²) in [6, 6.07) is 7.97. The van der Waals surface area contributed by atoms with Gasteiger partial charge < -0.3 is 15.1 Å². The zero-order valence-electron chi connectivity index (χ0n) is 14.3. The fourth-order valence-corrected chi connectivity index (χ4v) is 3.73. The quantitative estimate of drug-likeness (QED) is 0.932. The van der Waals surface area contributed by atoms with Gasteiger partial charge in [0.05, 0.1) is 17.9 Å². The molecule has 2 aliphatic heterocycles. The average Bonchev–Trinajstić information content (AvgIpc) is 3.35. The standard InChI is InChI=1S/C19H23N5O/c25-19(24-13-3-4-17(24)15-7-9-20-10-8-15)22-16-5-6-18(21-14-16)23-11-1-2-12-23/h5-10,14,17H,1-4,11-13H2,(H,22,25)/t17-/m0/s1. The molecule has 0 radical (unpaired) electrons. The van der Waals surface area contributed by atoms with E-state index >= 15 is 0 Å². The molecule has 0 saturated carbocycles. The molecule has 2 aromatic heterocycles. The minimum absolute atomic E-state index is 0.0602. The molecule has 0 bridgehead atoms. The van der Waals surface area contributed by atoms with Gasteiger partial charge in [0.1, 0.15) is 5.82 Å². The molecule has 4 heterocycles. The Morgan fingerprint density at radius 2 is 1.84 bits per heavy atom. The Balaban J connectivity index is 1.42. The molecule has 0 aromatic carbocycles. The summed E-state index contributed by atoms with van der Waals surface area (Å²) in [4.78, 5) is 25.5. The highest BCUT2D eigenvalue weighted by Gasteiger charge is 2.30. The van der Waals surface area contributed by atoms with Crippen LogP contribution < -0.4 is 10.2 Å². The highest BCUT2D eigenvalue weighted by atomic mass is 16.2. The van der Waals surface area contributed by atoms with Crippen molar-refractivity contribution in [1.82, 2.24) is 14.9 Å². The Labute approximate surface area is 147 Å². The van der Waals surface area contributed by atoms with E-state index in [0.717, 1.165) is 49.5 Å². The van der Waals surface area contributed by atoms with Crippen LogP contribution in [0.2, 0.25) is 0 Å². The van der Waals surface area contributed by atoms with E-state index in [1.54, 1.807) is 18.6 Å². The van der Waals surface area contributed by atoms with Crippen molar-refractivity contribution in [3.8, 4) is 0 Å². The van der Waals surface area contributed by atoms with Gasteiger partial charge in [0.25, 0.3) is 0 Å². The fourth-order valence-electron chi connectivity index (χ4n) is 3.73. The smallest absolute Gasteiger partial charge is 0.322 e. The molecule has 2 aliphatic rings. The van der Waals surface area contributed by atoms with Crippen LogP contribution in [0.1, 0.15) is 37.3 Å². The first-order chi connectivity index (χ1) is 12.3. The Morgan fingerprint density at radius 1 is 1.04 bits per heavy atom. The van der Waals surface area contributed by atoms with E-state index in [1.165, 1.54) is 12.8 Å². The number of carbonyl (C=O) groups is 1. The van der Waals surface area contributed by atoms with Crippen molar-refractivity contribution in [2.24, 2.45) is 0 Å². The zero-order chi connectivity index (χ0) is 17.1. The van der Waals surface area contributed by atoms with Crippen LogP contribution >= 0.6 is 0 Å². The molecule has 130 valence electrons. The van der Waals surface area contributed by atoms with Gasteiger partial charge in [-0.2, -0.15) is 0 Å². The van der Waals surface area contributed by atoms with Gasteiger partial charge in [-0.3, -0.25) is 4.98 Å². The summed E-state index contributed by atoms with van der Waals surface area (Å²) in [6.45, 7) is 2.91. The number of amides is 2. The minimum atomic E-state index is -0.0602. The van der Waals surface area contributed by atoms with E-state index in [2.05, 4.69) is 20.2 Å². The van der Waals surface area contributed by atoms with Gasteiger partial charge >= 0.3 is 6.03 Å². The Kier molecular flexibility index (Phi) is 4.50. The molecule has 1 atom stereocenters. The first kappa shape index (κ1) is 15.9. The van der Waals surface area contributed by atoms with Crippen molar-refractivity contribution in [1.29, 1.82) is 0 Å². The lowest BCUT2D eigenvalue weighted by Gasteiger charge is -2.25. The number of carbonyl (C=O) groups excluding carboxylic acids is 1. The molecular weight excluding hydrogens is 314 g/mol. The summed E-state index contributed by atoms with van der Waals surface area (Å²) in [5, 5.41) is 2.99. The van der Waals surface area contributed by atoms with Gasteiger partial charge in [-0.25, -0.2) is 9.78 Å². The summed E-state index contributed by atoms with van der Waals surface area (Å²) in [7, 11) is 0. The number of nitrogens with one attached hydrogen (secondary N) is 1. The molecular formula is C19H23N5O. The van der Waals surface area contributed by atoms with E-state index in [9.17, 15) is 4.79 Å². The Bertz CT molecular complexity index is 712. The first-order valence-electron chi connectivity index (χ1n) is 9.00. The maximum absolute atomic E-state index is 12.7.